The Morgan fingerprint density at radius 3 is 2.65 bits per heavy atom. The highest BCUT2D eigenvalue weighted by Gasteiger charge is 2.18. The van der Waals surface area contributed by atoms with E-state index in [1.165, 1.54) is 25.7 Å². The fraction of sp³-hybridized carbons (Fsp3) is 0.647. The lowest BCUT2D eigenvalue weighted by molar-refractivity contribution is 0.114. The maximum atomic E-state index is 10.4. The summed E-state index contributed by atoms with van der Waals surface area (Å²) < 4.78 is 0. The Morgan fingerprint density at radius 2 is 2.00 bits per heavy atom. The smallest absolute Gasteiger partial charge is 0.0916 e. The van der Waals surface area contributed by atoms with Gasteiger partial charge in [0.25, 0.3) is 0 Å². The molecule has 3 nitrogen and oxygen atoms in total. The Kier molecular flexibility index (Phi) is 6.02. The van der Waals surface area contributed by atoms with Crippen molar-refractivity contribution in [3.05, 3.63) is 35.4 Å². The van der Waals surface area contributed by atoms with Crippen LogP contribution in [0.4, 0.5) is 0 Å². The molecule has 1 aromatic carbocycles. The fourth-order valence-electron chi connectivity index (χ4n) is 3.04. The average molecular weight is 276 g/mol. The van der Waals surface area contributed by atoms with Crippen LogP contribution >= 0.6 is 0 Å². The summed E-state index contributed by atoms with van der Waals surface area (Å²) in [6.45, 7) is 5.83. The van der Waals surface area contributed by atoms with Gasteiger partial charge in [-0.3, -0.25) is 0 Å². The average Bonchev–Trinajstić information content (AvgIpc) is 2.72. The zero-order chi connectivity index (χ0) is 14.4. The first-order chi connectivity index (χ1) is 9.72. The summed E-state index contributed by atoms with van der Waals surface area (Å²) in [6.07, 6.45) is 4.78. The van der Waals surface area contributed by atoms with Crippen molar-refractivity contribution >= 4 is 0 Å². The van der Waals surface area contributed by atoms with Gasteiger partial charge >= 0.3 is 0 Å². The fourth-order valence-corrected chi connectivity index (χ4v) is 3.04. The van der Waals surface area contributed by atoms with Crippen molar-refractivity contribution in [1.29, 1.82) is 0 Å². The number of nitrogens with zero attached hydrogens (tertiary/aromatic N) is 1. The highest BCUT2D eigenvalue weighted by Crippen LogP contribution is 2.22. The minimum Gasteiger partial charge on any atom is -0.387 e. The number of aliphatic hydroxyl groups is 1. The molecule has 0 radical (unpaired) electrons. The molecule has 1 saturated heterocycles. The number of rotatable bonds is 5. The van der Waals surface area contributed by atoms with Crippen LogP contribution in [0.3, 0.4) is 0 Å². The second-order valence-electron chi connectivity index (χ2n) is 5.97. The summed E-state index contributed by atoms with van der Waals surface area (Å²) in [4.78, 5) is 2.41. The molecule has 0 amide bonds. The Labute approximate surface area is 122 Å². The molecule has 3 heteroatoms. The Hall–Kier alpha value is -0.900. The Bertz CT molecular complexity index is 390. The van der Waals surface area contributed by atoms with Gasteiger partial charge in [-0.05, 0) is 49.4 Å². The van der Waals surface area contributed by atoms with Crippen molar-refractivity contribution in [2.75, 3.05) is 19.6 Å². The molecular formula is C17H28N2O. The lowest BCUT2D eigenvalue weighted by Gasteiger charge is -2.23. The first kappa shape index (κ1) is 15.5. The summed E-state index contributed by atoms with van der Waals surface area (Å²) in [5.41, 5.74) is 7.71. The van der Waals surface area contributed by atoms with E-state index < -0.39 is 0 Å². The van der Waals surface area contributed by atoms with Gasteiger partial charge in [0.15, 0.2) is 0 Å². The van der Waals surface area contributed by atoms with Crippen LogP contribution in [0.5, 0.6) is 0 Å². The zero-order valence-electron chi connectivity index (χ0n) is 12.6. The topological polar surface area (TPSA) is 49.5 Å². The number of hydrogen-bond donors (Lipinski definition) is 2. The van der Waals surface area contributed by atoms with Crippen LogP contribution in [0.2, 0.25) is 0 Å². The van der Waals surface area contributed by atoms with Crippen molar-refractivity contribution in [2.24, 2.45) is 11.7 Å². The SMILES string of the molecule is CCC1CCCN(CC(O)c2ccc(CN)cc2)CC1. The third-order valence-electron chi connectivity index (χ3n) is 4.55. The van der Waals surface area contributed by atoms with Gasteiger partial charge in [0.1, 0.15) is 0 Å². The van der Waals surface area contributed by atoms with Gasteiger partial charge in [0.2, 0.25) is 0 Å². The van der Waals surface area contributed by atoms with E-state index in [0.717, 1.165) is 36.7 Å². The number of aliphatic hydroxyl groups excluding tert-OH is 1. The van der Waals surface area contributed by atoms with E-state index in [1.54, 1.807) is 0 Å². The molecule has 3 N–H and O–H groups in total. The van der Waals surface area contributed by atoms with Gasteiger partial charge in [-0.25, -0.2) is 0 Å². The second kappa shape index (κ2) is 7.77. The van der Waals surface area contributed by atoms with E-state index in [4.69, 9.17) is 5.73 Å². The van der Waals surface area contributed by atoms with Crippen molar-refractivity contribution < 1.29 is 5.11 Å². The van der Waals surface area contributed by atoms with Gasteiger partial charge in [-0.15, -0.1) is 0 Å². The second-order valence-corrected chi connectivity index (χ2v) is 5.97. The monoisotopic (exact) mass is 276 g/mol. The summed E-state index contributed by atoms with van der Waals surface area (Å²) in [5.74, 6) is 0.876. The molecule has 1 aliphatic rings. The molecule has 112 valence electrons. The predicted molar refractivity (Wildman–Crippen MR) is 83.4 cm³/mol. The van der Waals surface area contributed by atoms with Crippen LogP contribution < -0.4 is 5.73 Å². The largest absolute Gasteiger partial charge is 0.387 e. The van der Waals surface area contributed by atoms with Crippen molar-refractivity contribution in [1.82, 2.24) is 4.90 Å². The van der Waals surface area contributed by atoms with Gasteiger partial charge in [0.05, 0.1) is 6.10 Å². The van der Waals surface area contributed by atoms with E-state index in [9.17, 15) is 5.11 Å². The number of benzene rings is 1. The van der Waals surface area contributed by atoms with Crippen LogP contribution in [-0.4, -0.2) is 29.6 Å². The van der Waals surface area contributed by atoms with Crippen molar-refractivity contribution in [3.63, 3.8) is 0 Å². The molecule has 0 spiro atoms. The molecule has 2 rings (SSSR count). The van der Waals surface area contributed by atoms with Crippen LogP contribution in [0.25, 0.3) is 0 Å². The Balaban J connectivity index is 1.88. The molecule has 0 aromatic heterocycles. The Morgan fingerprint density at radius 1 is 1.25 bits per heavy atom. The zero-order valence-corrected chi connectivity index (χ0v) is 12.6. The van der Waals surface area contributed by atoms with Crippen molar-refractivity contribution in [2.45, 2.75) is 45.3 Å². The van der Waals surface area contributed by atoms with E-state index >= 15 is 0 Å². The van der Waals surface area contributed by atoms with Gasteiger partial charge in [-0.2, -0.15) is 0 Å². The summed E-state index contributed by atoms with van der Waals surface area (Å²) in [7, 11) is 0. The first-order valence-corrected chi connectivity index (χ1v) is 7.92. The molecule has 1 aromatic rings. The summed E-state index contributed by atoms with van der Waals surface area (Å²) in [6, 6.07) is 8.02. The molecule has 1 fully saturated rings. The van der Waals surface area contributed by atoms with E-state index in [2.05, 4.69) is 11.8 Å². The number of likely N-dealkylation sites (tertiary alicyclic amines) is 1. The third kappa shape index (κ3) is 4.30. The molecule has 0 aliphatic carbocycles. The van der Waals surface area contributed by atoms with Crippen LogP contribution in [0.1, 0.15) is 49.8 Å². The van der Waals surface area contributed by atoms with Gasteiger partial charge in [0, 0.05) is 13.1 Å². The normalized spacial score (nSPS) is 22.4. The van der Waals surface area contributed by atoms with E-state index in [0.29, 0.717) is 6.54 Å². The number of hydrogen-bond acceptors (Lipinski definition) is 3. The maximum Gasteiger partial charge on any atom is 0.0916 e. The molecule has 0 bridgehead atoms. The molecular weight excluding hydrogens is 248 g/mol. The van der Waals surface area contributed by atoms with Gasteiger partial charge < -0.3 is 15.7 Å². The lowest BCUT2D eigenvalue weighted by Crippen LogP contribution is -2.29. The predicted octanol–water partition coefficient (Wildman–Crippen LogP) is 2.69. The van der Waals surface area contributed by atoms with Crippen LogP contribution in [0.15, 0.2) is 24.3 Å². The summed E-state index contributed by atoms with van der Waals surface area (Å²) >= 11 is 0. The number of β-amino-alcohol motifs (C(OH)–C–C–N with tert-alkyl or cyclic N) is 1. The highest BCUT2D eigenvalue weighted by molar-refractivity contribution is 5.24. The standard InChI is InChI=1S/C17H28N2O/c1-2-14-4-3-10-19(11-9-14)13-17(20)16-7-5-15(12-18)6-8-16/h5-8,14,17,20H,2-4,9-13,18H2,1H3. The van der Waals surface area contributed by atoms with Crippen molar-refractivity contribution in [3.8, 4) is 0 Å². The first-order valence-electron chi connectivity index (χ1n) is 7.92. The van der Waals surface area contributed by atoms with E-state index in [1.807, 2.05) is 24.3 Å². The molecule has 1 heterocycles. The molecule has 2 atom stereocenters. The third-order valence-corrected chi connectivity index (χ3v) is 4.55. The lowest BCUT2D eigenvalue weighted by atomic mass is 9.98. The minimum atomic E-state index is -0.389. The molecule has 2 unspecified atom stereocenters. The van der Waals surface area contributed by atoms with E-state index in [-0.39, 0.29) is 6.10 Å². The molecule has 1 aliphatic heterocycles. The molecule has 20 heavy (non-hydrogen) atoms. The van der Waals surface area contributed by atoms with Gasteiger partial charge in [-0.1, -0.05) is 37.6 Å². The highest BCUT2D eigenvalue weighted by atomic mass is 16.3. The van der Waals surface area contributed by atoms with Crippen LogP contribution in [0, 0.1) is 5.92 Å². The van der Waals surface area contributed by atoms with Crippen LogP contribution in [-0.2, 0) is 6.54 Å². The quantitative estimate of drug-likeness (QED) is 0.869. The maximum absolute atomic E-state index is 10.4. The summed E-state index contributed by atoms with van der Waals surface area (Å²) in [5, 5.41) is 10.4. The number of nitrogens with two attached hydrogens (primary N) is 1. The minimum absolute atomic E-state index is 0.389. The molecule has 0 saturated carbocycles.